The molecule has 4 aliphatic rings. The van der Waals surface area contributed by atoms with Gasteiger partial charge in [0.1, 0.15) is 0 Å². The third-order valence-electron chi connectivity index (χ3n) is 5.81. The molecule has 4 rings (SSSR count). The van der Waals surface area contributed by atoms with E-state index in [9.17, 15) is 0 Å². The molecule has 0 radical (unpaired) electrons. The molecule has 0 spiro atoms. The zero-order valence-corrected chi connectivity index (χ0v) is 9.93. The molecule has 1 N–H and O–H groups in total. The summed E-state index contributed by atoms with van der Waals surface area (Å²) in [5, 5.41) is 3.88. The van der Waals surface area contributed by atoms with E-state index in [1.165, 1.54) is 19.2 Å². The molecule has 1 heterocycles. The van der Waals surface area contributed by atoms with Crippen molar-refractivity contribution in [1.82, 2.24) is 5.23 Å². The van der Waals surface area contributed by atoms with E-state index in [1.54, 1.807) is 0 Å². The third kappa shape index (κ3) is 0.868. The second-order valence-corrected chi connectivity index (χ2v) is 6.80. The molecule has 1 nitrogen and oxygen atoms in total. The van der Waals surface area contributed by atoms with Crippen LogP contribution in [0.3, 0.4) is 0 Å². The predicted molar refractivity (Wildman–Crippen MR) is 61.5 cm³/mol. The molecule has 1 aliphatic heterocycles. The van der Waals surface area contributed by atoms with E-state index in [-0.39, 0.29) is 0 Å². The predicted octanol–water partition coefficient (Wildman–Crippen LogP) is 2.65. The van der Waals surface area contributed by atoms with E-state index in [4.69, 9.17) is 0 Å². The van der Waals surface area contributed by atoms with Crippen LogP contribution in [0.15, 0.2) is 0 Å². The van der Waals surface area contributed by atoms with Crippen LogP contribution in [-0.2, 0) is 0 Å². The maximum atomic E-state index is 3.88. The Labute approximate surface area is 88.1 Å². The fourth-order valence-electron chi connectivity index (χ4n) is 4.88. The highest BCUT2D eigenvalue weighted by Crippen LogP contribution is 2.66. The zero-order chi connectivity index (χ0) is 10.1. The Kier molecular flexibility index (Phi) is 1.59. The molecule has 0 aromatic carbocycles. The van der Waals surface area contributed by atoms with Gasteiger partial charge in [-0.2, -0.15) is 0 Å². The molecular weight excluding hydrogens is 169 g/mol. The molecule has 4 fully saturated rings. The monoisotopic (exact) mass is 191 g/mol. The summed E-state index contributed by atoms with van der Waals surface area (Å²) >= 11 is 0. The van der Waals surface area contributed by atoms with Crippen molar-refractivity contribution in [2.75, 3.05) is 0 Å². The first-order valence-electron chi connectivity index (χ1n) is 6.22. The van der Waals surface area contributed by atoms with Crippen LogP contribution in [0.25, 0.3) is 0 Å². The lowest BCUT2D eigenvalue weighted by Crippen LogP contribution is -2.67. The van der Waals surface area contributed by atoms with E-state index in [2.05, 4.69) is 32.8 Å². The molecule has 0 aromatic heterocycles. The molecule has 2 bridgehead atoms. The Morgan fingerprint density at radius 1 is 1.14 bits per heavy atom. The van der Waals surface area contributed by atoms with Gasteiger partial charge in [-0.05, 0) is 42.9 Å². The van der Waals surface area contributed by atoms with Crippen LogP contribution in [0.5, 0.6) is 0 Å². The zero-order valence-electron chi connectivity index (χ0n) is 9.93. The lowest BCUT2D eigenvalue weighted by molar-refractivity contribution is -0.137. The smallest absolute Gasteiger partial charge is 0.217 e. The van der Waals surface area contributed by atoms with Crippen LogP contribution in [0.1, 0.15) is 33.6 Å². The number of rotatable bonds is 0. The largest absolute Gasteiger partial charge is 0.350 e. The fraction of sp³-hybridized carbons (Fsp3) is 1.00. The van der Waals surface area contributed by atoms with Crippen LogP contribution in [-0.4, -0.2) is 12.4 Å². The van der Waals surface area contributed by atoms with Gasteiger partial charge in [0.2, 0.25) is 6.85 Å². The lowest BCUT2D eigenvalue weighted by atomic mass is 9.41. The van der Waals surface area contributed by atoms with Gasteiger partial charge >= 0.3 is 0 Å². The number of nitrogens with one attached hydrogen (secondary N) is 1. The van der Waals surface area contributed by atoms with Crippen LogP contribution < -0.4 is 5.23 Å². The highest BCUT2D eigenvalue weighted by molar-refractivity contribution is 6.55. The van der Waals surface area contributed by atoms with Crippen molar-refractivity contribution < 1.29 is 0 Å². The molecule has 3 saturated carbocycles. The van der Waals surface area contributed by atoms with Crippen molar-refractivity contribution >= 4 is 6.85 Å². The van der Waals surface area contributed by atoms with Crippen LogP contribution in [0.4, 0.5) is 0 Å². The minimum Gasteiger partial charge on any atom is -0.350 e. The van der Waals surface area contributed by atoms with Gasteiger partial charge in [-0.1, -0.05) is 27.0 Å². The Morgan fingerprint density at radius 2 is 1.86 bits per heavy atom. The van der Waals surface area contributed by atoms with E-state index in [0.29, 0.717) is 11.0 Å². The first-order valence-corrected chi connectivity index (χ1v) is 6.22. The molecule has 4 unspecified atom stereocenters. The topological polar surface area (TPSA) is 12.0 Å². The summed E-state index contributed by atoms with van der Waals surface area (Å²) in [7, 11) is 0. The number of hydrogen-bond acceptors (Lipinski definition) is 1. The Hall–Kier alpha value is 0.0249. The standard InChI is InChI=1S/C12H22BN/c1-11(2)8-5-9-7-13(4)14-12(9,3)10(11)6-8/h8-10,14H,5-7H2,1-4H3. The second-order valence-electron chi connectivity index (χ2n) is 6.80. The highest BCUT2D eigenvalue weighted by Gasteiger charge is 2.64. The first-order chi connectivity index (χ1) is 6.44. The SMILES string of the molecule is CB1CC2CC3CC(C3(C)C)C2(C)N1. The molecule has 0 amide bonds. The molecule has 3 aliphatic carbocycles. The first kappa shape index (κ1) is 9.27. The normalized spacial score (nSPS) is 54.0. The number of hydrogen-bond donors (Lipinski definition) is 1. The summed E-state index contributed by atoms with van der Waals surface area (Å²) in [6.45, 7) is 10.6. The van der Waals surface area contributed by atoms with Gasteiger partial charge in [0, 0.05) is 5.54 Å². The Balaban J connectivity index is 1.95. The van der Waals surface area contributed by atoms with Crippen LogP contribution in [0.2, 0.25) is 13.1 Å². The maximum absolute atomic E-state index is 3.88. The quantitative estimate of drug-likeness (QED) is 0.580. The van der Waals surface area contributed by atoms with Gasteiger partial charge in [0.25, 0.3) is 0 Å². The van der Waals surface area contributed by atoms with Crippen molar-refractivity contribution in [3.8, 4) is 0 Å². The van der Waals surface area contributed by atoms with Gasteiger partial charge in [0.15, 0.2) is 0 Å². The average Bonchev–Trinajstić information content (AvgIpc) is 2.37. The van der Waals surface area contributed by atoms with Gasteiger partial charge < -0.3 is 5.23 Å². The van der Waals surface area contributed by atoms with E-state index < -0.39 is 0 Å². The average molecular weight is 191 g/mol. The van der Waals surface area contributed by atoms with E-state index in [1.807, 2.05) is 0 Å². The summed E-state index contributed by atoms with van der Waals surface area (Å²) in [6.07, 6.45) is 4.39. The van der Waals surface area contributed by atoms with Gasteiger partial charge in [-0.15, -0.1) is 0 Å². The van der Waals surface area contributed by atoms with Gasteiger partial charge in [-0.25, -0.2) is 0 Å². The molecule has 0 aromatic rings. The highest BCUT2D eigenvalue weighted by atomic mass is 15.0. The molecular formula is C12H22BN. The fourth-order valence-corrected chi connectivity index (χ4v) is 4.88. The summed E-state index contributed by atoms with van der Waals surface area (Å²) in [4.78, 5) is 0. The molecule has 4 atom stereocenters. The van der Waals surface area contributed by atoms with Crippen molar-refractivity contribution in [2.45, 2.75) is 52.3 Å². The molecule has 14 heavy (non-hydrogen) atoms. The van der Waals surface area contributed by atoms with Gasteiger partial charge in [0.05, 0.1) is 0 Å². The third-order valence-corrected chi connectivity index (χ3v) is 5.81. The van der Waals surface area contributed by atoms with E-state index in [0.717, 1.165) is 24.6 Å². The summed E-state index contributed by atoms with van der Waals surface area (Å²) in [6, 6.07) is 0. The van der Waals surface area contributed by atoms with Crippen molar-refractivity contribution in [1.29, 1.82) is 0 Å². The molecule has 2 heteroatoms. The summed E-state index contributed by atoms with van der Waals surface area (Å²) in [5.41, 5.74) is 1.08. The molecule has 1 saturated heterocycles. The van der Waals surface area contributed by atoms with Crippen LogP contribution >= 0.6 is 0 Å². The van der Waals surface area contributed by atoms with E-state index >= 15 is 0 Å². The van der Waals surface area contributed by atoms with Crippen LogP contribution in [0, 0.1) is 23.2 Å². The summed E-state index contributed by atoms with van der Waals surface area (Å²) < 4.78 is 0. The minimum atomic E-state index is 0.470. The lowest BCUT2D eigenvalue weighted by Gasteiger charge is -2.66. The second kappa shape index (κ2) is 2.40. The van der Waals surface area contributed by atoms with Crippen molar-refractivity contribution in [3.05, 3.63) is 0 Å². The minimum absolute atomic E-state index is 0.470. The summed E-state index contributed by atoms with van der Waals surface area (Å²) in [5.74, 6) is 2.93. The van der Waals surface area contributed by atoms with Gasteiger partial charge in [-0.3, -0.25) is 0 Å². The van der Waals surface area contributed by atoms with Crippen molar-refractivity contribution in [2.24, 2.45) is 23.2 Å². The molecule has 78 valence electrons. The van der Waals surface area contributed by atoms with Crippen molar-refractivity contribution in [3.63, 3.8) is 0 Å². The maximum Gasteiger partial charge on any atom is 0.217 e. The Bertz CT molecular complexity index is 275. The Morgan fingerprint density at radius 3 is 2.50 bits per heavy atom.